The van der Waals surface area contributed by atoms with Crippen LogP contribution in [0.25, 0.3) is 0 Å². The first-order valence-corrected chi connectivity index (χ1v) is 9.76. The Balaban J connectivity index is 1.70. The molecular weight excluding hydrogens is 472 g/mol. The second kappa shape index (κ2) is 9.48. The minimum atomic E-state index is -0.291. The van der Waals surface area contributed by atoms with Gasteiger partial charge in [0.25, 0.3) is 5.91 Å². The van der Waals surface area contributed by atoms with Crippen LogP contribution in [-0.4, -0.2) is 12.1 Å². The smallest absolute Gasteiger partial charge is 0.272 e. The van der Waals surface area contributed by atoms with Gasteiger partial charge in [-0.25, -0.2) is 5.43 Å². The molecule has 3 aromatic rings. The van der Waals surface area contributed by atoms with Crippen LogP contribution < -0.4 is 10.2 Å². The lowest BCUT2D eigenvalue weighted by Crippen LogP contribution is -2.18. The molecular formula is C21H16Br2N2O2. The van der Waals surface area contributed by atoms with E-state index in [0.29, 0.717) is 22.4 Å². The summed E-state index contributed by atoms with van der Waals surface area (Å²) in [6, 6.07) is 22.7. The van der Waals surface area contributed by atoms with Gasteiger partial charge in [0.15, 0.2) is 0 Å². The highest BCUT2D eigenvalue weighted by Gasteiger charge is 2.08. The van der Waals surface area contributed by atoms with Gasteiger partial charge >= 0.3 is 0 Å². The van der Waals surface area contributed by atoms with E-state index in [4.69, 9.17) is 4.74 Å². The Kier molecular flexibility index (Phi) is 6.79. The highest BCUT2D eigenvalue weighted by Crippen LogP contribution is 2.23. The number of hydrogen-bond acceptors (Lipinski definition) is 3. The lowest BCUT2D eigenvalue weighted by Gasteiger charge is -2.10. The molecule has 0 aliphatic heterocycles. The van der Waals surface area contributed by atoms with Gasteiger partial charge in [-0.1, -0.05) is 58.4 Å². The third kappa shape index (κ3) is 5.52. The first kappa shape index (κ1) is 19.3. The van der Waals surface area contributed by atoms with Crippen molar-refractivity contribution < 1.29 is 9.53 Å². The van der Waals surface area contributed by atoms with Crippen molar-refractivity contribution in [1.29, 1.82) is 0 Å². The van der Waals surface area contributed by atoms with Gasteiger partial charge in [0.1, 0.15) is 12.4 Å². The molecule has 0 atom stereocenters. The molecule has 0 saturated heterocycles. The summed E-state index contributed by atoms with van der Waals surface area (Å²) in [5, 5.41) is 4.07. The fraction of sp³-hybridized carbons (Fsp3) is 0.0476. The minimum Gasteiger partial charge on any atom is -0.488 e. The van der Waals surface area contributed by atoms with E-state index in [1.807, 2.05) is 60.7 Å². The maximum absolute atomic E-state index is 12.2. The monoisotopic (exact) mass is 486 g/mol. The van der Waals surface area contributed by atoms with Crippen molar-refractivity contribution in [3.05, 3.63) is 98.4 Å². The number of hydrogen-bond donors (Lipinski definition) is 1. The highest BCUT2D eigenvalue weighted by molar-refractivity contribution is 9.10. The zero-order chi connectivity index (χ0) is 19.1. The first-order chi connectivity index (χ1) is 13.1. The highest BCUT2D eigenvalue weighted by atomic mass is 79.9. The van der Waals surface area contributed by atoms with Gasteiger partial charge in [-0.15, -0.1) is 0 Å². The maximum Gasteiger partial charge on any atom is 0.272 e. The largest absolute Gasteiger partial charge is 0.488 e. The molecule has 0 radical (unpaired) electrons. The first-order valence-electron chi connectivity index (χ1n) is 8.17. The number of rotatable bonds is 6. The van der Waals surface area contributed by atoms with E-state index in [1.165, 1.54) is 0 Å². The summed E-state index contributed by atoms with van der Waals surface area (Å²) < 4.78 is 7.52. The van der Waals surface area contributed by atoms with Crippen molar-refractivity contribution >= 4 is 44.0 Å². The summed E-state index contributed by atoms with van der Waals surface area (Å²) in [7, 11) is 0. The number of ether oxygens (including phenoxy) is 1. The van der Waals surface area contributed by atoms with Crippen molar-refractivity contribution in [2.45, 2.75) is 6.61 Å². The van der Waals surface area contributed by atoms with Crippen LogP contribution in [0.3, 0.4) is 0 Å². The third-order valence-corrected chi connectivity index (χ3v) is 4.88. The summed E-state index contributed by atoms with van der Waals surface area (Å²) in [6.07, 6.45) is 1.57. The van der Waals surface area contributed by atoms with Crippen LogP contribution in [0.4, 0.5) is 0 Å². The summed E-state index contributed by atoms with van der Waals surface area (Å²) in [4.78, 5) is 12.2. The number of benzene rings is 3. The lowest BCUT2D eigenvalue weighted by molar-refractivity contribution is 0.0954. The van der Waals surface area contributed by atoms with Crippen molar-refractivity contribution in [3.63, 3.8) is 0 Å². The van der Waals surface area contributed by atoms with Crippen LogP contribution in [-0.2, 0) is 6.61 Å². The zero-order valence-electron chi connectivity index (χ0n) is 14.2. The summed E-state index contributed by atoms with van der Waals surface area (Å²) in [5.74, 6) is 0.390. The maximum atomic E-state index is 12.2. The van der Waals surface area contributed by atoms with E-state index in [-0.39, 0.29) is 5.91 Å². The van der Waals surface area contributed by atoms with E-state index in [9.17, 15) is 4.79 Å². The Morgan fingerprint density at radius 3 is 2.52 bits per heavy atom. The van der Waals surface area contributed by atoms with Gasteiger partial charge in [-0.05, 0) is 51.8 Å². The van der Waals surface area contributed by atoms with E-state index >= 15 is 0 Å². The van der Waals surface area contributed by atoms with Crippen molar-refractivity contribution in [1.82, 2.24) is 5.43 Å². The number of nitrogens with zero attached hydrogens (tertiary/aromatic N) is 1. The van der Waals surface area contributed by atoms with Gasteiger partial charge in [0.2, 0.25) is 0 Å². The molecule has 27 heavy (non-hydrogen) atoms. The molecule has 4 nitrogen and oxygen atoms in total. The number of hydrazone groups is 1. The molecule has 0 aliphatic rings. The van der Waals surface area contributed by atoms with E-state index < -0.39 is 0 Å². The fourth-order valence-electron chi connectivity index (χ4n) is 2.35. The molecule has 0 aliphatic carbocycles. The van der Waals surface area contributed by atoms with Gasteiger partial charge in [-0.2, -0.15) is 5.10 Å². The average molecular weight is 488 g/mol. The molecule has 1 amide bonds. The molecule has 3 aromatic carbocycles. The molecule has 1 N–H and O–H groups in total. The molecule has 6 heteroatoms. The van der Waals surface area contributed by atoms with E-state index in [0.717, 1.165) is 15.6 Å². The number of nitrogens with one attached hydrogen (secondary N) is 1. The number of carbonyl (C=O) groups excluding carboxylic acids is 1. The van der Waals surface area contributed by atoms with Gasteiger partial charge < -0.3 is 4.74 Å². The van der Waals surface area contributed by atoms with E-state index in [1.54, 1.807) is 18.3 Å². The number of halogens is 2. The SMILES string of the molecule is O=C(NN=Cc1cc(Br)ccc1OCc1ccccc1)c1ccccc1Br. The predicted octanol–water partition coefficient (Wildman–Crippen LogP) is 5.55. The molecule has 3 rings (SSSR count). The van der Waals surface area contributed by atoms with Crippen LogP contribution in [0.15, 0.2) is 86.8 Å². The molecule has 0 unspecified atom stereocenters. The number of amides is 1. The van der Waals surface area contributed by atoms with Crippen LogP contribution >= 0.6 is 31.9 Å². The molecule has 0 bridgehead atoms. The average Bonchev–Trinajstić information content (AvgIpc) is 2.68. The molecule has 0 saturated carbocycles. The van der Waals surface area contributed by atoms with Crippen molar-refractivity contribution in [3.8, 4) is 5.75 Å². The Morgan fingerprint density at radius 2 is 1.74 bits per heavy atom. The lowest BCUT2D eigenvalue weighted by atomic mass is 10.2. The predicted molar refractivity (Wildman–Crippen MR) is 114 cm³/mol. The Morgan fingerprint density at radius 1 is 1.00 bits per heavy atom. The van der Waals surface area contributed by atoms with Gasteiger partial charge in [-0.3, -0.25) is 4.79 Å². The Hall–Kier alpha value is -2.44. The zero-order valence-corrected chi connectivity index (χ0v) is 17.4. The van der Waals surface area contributed by atoms with Crippen LogP contribution in [0.5, 0.6) is 5.75 Å². The van der Waals surface area contributed by atoms with Crippen molar-refractivity contribution in [2.75, 3.05) is 0 Å². The quantitative estimate of drug-likeness (QED) is 0.365. The van der Waals surface area contributed by atoms with Gasteiger partial charge in [0, 0.05) is 14.5 Å². The second-order valence-corrected chi connectivity index (χ2v) is 7.41. The van der Waals surface area contributed by atoms with Gasteiger partial charge in [0.05, 0.1) is 11.8 Å². The van der Waals surface area contributed by atoms with Crippen molar-refractivity contribution in [2.24, 2.45) is 5.10 Å². The minimum absolute atomic E-state index is 0.291. The standard InChI is InChI=1S/C21H16Br2N2O2/c22-17-10-11-20(27-14-15-6-2-1-3-7-15)16(12-17)13-24-25-21(26)18-8-4-5-9-19(18)23/h1-13H,14H2,(H,25,26). The number of carbonyl (C=O) groups is 1. The molecule has 136 valence electrons. The normalized spacial score (nSPS) is 10.7. The Labute approximate surface area is 174 Å². The summed E-state index contributed by atoms with van der Waals surface area (Å²) in [5.41, 5.74) is 4.89. The Bertz CT molecular complexity index is 959. The van der Waals surface area contributed by atoms with Crippen LogP contribution in [0.1, 0.15) is 21.5 Å². The summed E-state index contributed by atoms with van der Waals surface area (Å²) >= 11 is 6.81. The molecule has 0 aromatic heterocycles. The third-order valence-electron chi connectivity index (χ3n) is 3.70. The molecule has 0 heterocycles. The van der Waals surface area contributed by atoms with Crippen LogP contribution in [0, 0.1) is 0 Å². The van der Waals surface area contributed by atoms with E-state index in [2.05, 4.69) is 42.4 Å². The second-order valence-electron chi connectivity index (χ2n) is 5.64. The molecule has 0 fully saturated rings. The summed E-state index contributed by atoms with van der Waals surface area (Å²) in [6.45, 7) is 0.451. The topological polar surface area (TPSA) is 50.7 Å². The van der Waals surface area contributed by atoms with Crippen LogP contribution in [0.2, 0.25) is 0 Å². The molecule has 0 spiro atoms. The fourth-order valence-corrected chi connectivity index (χ4v) is 3.20.